The molecule has 1 N–H and O–H groups in total. The Morgan fingerprint density at radius 2 is 2.07 bits per heavy atom. The Morgan fingerprint density at radius 3 is 2.79 bits per heavy atom. The number of allylic oxidation sites excluding steroid dienone is 1. The van der Waals surface area contributed by atoms with E-state index in [4.69, 9.17) is 16.3 Å². The number of fused-ring (bicyclic) bond motifs is 1. The van der Waals surface area contributed by atoms with Crippen molar-refractivity contribution in [3.8, 4) is 5.75 Å². The summed E-state index contributed by atoms with van der Waals surface area (Å²) in [4.78, 5) is 0. The van der Waals surface area contributed by atoms with Crippen LogP contribution in [0.1, 0.15) is 11.1 Å². The molecule has 0 aliphatic heterocycles. The summed E-state index contributed by atoms with van der Waals surface area (Å²) in [5.74, 6) is 0.795. The second-order valence-corrected chi connectivity index (χ2v) is 7.52. The number of aliphatic hydroxyl groups is 1. The van der Waals surface area contributed by atoms with Crippen molar-refractivity contribution in [2.24, 2.45) is 0 Å². The summed E-state index contributed by atoms with van der Waals surface area (Å²) in [6.07, 6.45) is -2.14. The molecular weight excluding hydrogens is 427 g/mol. The molecule has 0 bridgehead atoms. The number of rotatable bonds is 8. The zero-order chi connectivity index (χ0) is 21.0. The van der Waals surface area contributed by atoms with E-state index in [2.05, 4.69) is 16.8 Å². The normalized spacial score (nSPS) is 12.9. The minimum absolute atomic E-state index is 0.0203. The molecule has 3 rings (SSSR count). The summed E-state index contributed by atoms with van der Waals surface area (Å²) in [6.45, 7) is 3.72. The van der Waals surface area contributed by atoms with Gasteiger partial charge in [0.15, 0.2) is 10.8 Å². The van der Waals surface area contributed by atoms with Crippen LogP contribution in [0.2, 0.25) is 5.02 Å². The van der Waals surface area contributed by atoms with Crippen LogP contribution in [0.5, 0.6) is 5.75 Å². The number of alkyl halides is 3. The second-order valence-electron chi connectivity index (χ2n) is 6.13. The van der Waals surface area contributed by atoms with Crippen molar-refractivity contribution in [1.82, 2.24) is 14.6 Å². The van der Waals surface area contributed by atoms with Gasteiger partial charge in [0.1, 0.15) is 12.4 Å². The number of hydrogen-bond donors (Lipinski definition) is 1. The molecule has 0 amide bonds. The largest absolute Gasteiger partial charge is 0.491 e. The number of para-hydroxylation sites is 1. The monoisotopic (exact) mass is 443 g/mol. The maximum atomic E-state index is 13.0. The van der Waals surface area contributed by atoms with Crippen molar-refractivity contribution in [3.05, 3.63) is 65.3 Å². The molecule has 0 saturated carbocycles. The van der Waals surface area contributed by atoms with E-state index in [1.807, 2.05) is 18.2 Å². The SMILES string of the molecule is C=CCc1ccccc1OCC(O)CSc1nnc2c(Cl)cc(C(F)(F)F)cn12. The standard InChI is InChI=1S/C19H17ClF3N3O2S/c1-2-5-12-6-3-4-7-16(12)28-10-14(27)11-29-18-25-24-17-15(20)8-13(9-26(17)18)19(21,22)23/h2-4,6-9,14,27H,1,5,10-11H2. The van der Waals surface area contributed by atoms with Gasteiger partial charge in [0.25, 0.3) is 0 Å². The molecule has 1 atom stereocenters. The van der Waals surface area contributed by atoms with Crippen molar-refractivity contribution in [1.29, 1.82) is 0 Å². The van der Waals surface area contributed by atoms with Crippen molar-refractivity contribution >= 4 is 29.0 Å². The van der Waals surface area contributed by atoms with Gasteiger partial charge in [-0.3, -0.25) is 4.40 Å². The molecule has 154 valence electrons. The zero-order valence-electron chi connectivity index (χ0n) is 15.1. The van der Waals surface area contributed by atoms with Crippen molar-refractivity contribution < 1.29 is 23.0 Å². The molecule has 0 fully saturated rings. The number of nitrogens with zero attached hydrogens (tertiary/aromatic N) is 3. The fraction of sp³-hybridized carbons (Fsp3) is 0.263. The maximum Gasteiger partial charge on any atom is 0.417 e. The lowest BCUT2D eigenvalue weighted by atomic mass is 10.1. The molecule has 2 heterocycles. The van der Waals surface area contributed by atoms with E-state index in [1.54, 1.807) is 12.1 Å². The smallest absolute Gasteiger partial charge is 0.417 e. The fourth-order valence-electron chi connectivity index (χ4n) is 2.56. The molecule has 2 aromatic heterocycles. The van der Waals surface area contributed by atoms with Crippen LogP contribution in [0.4, 0.5) is 13.2 Å². The highest BCUT2D eigenvalue weighted by atomic mass is 35.5. The first-order valence-corrected chi connectivity index (χ1v) is 9.90. The number of aromatic nitrogens is 3. The van der Waals surface area contributed by atoms with Crippen LogP contribution in [0.25, 0.3) is 5.65 Å². The van der Waals surface area contributed by atoms with Gasteiger partial charge in [-0.2, -0.15) is 13.2 Å². The van der Waals surface area contributed by atoms with Crippen LogP contribution in [-0.2, 0) is 12.6 Å². The van der Waals surface area contributed by atoms with Crippen LogP contribution < -0.4 is 4.74 Å². The molecule has 29 heavy (non-hydrogen) atoms. The predicted molar refractivity (Wildman–Crippen MR) is 106 cm³/mol. The van der Waals surface area contributed by atoms with Gasteiger partial charge in [0, 0.05) is 11.9 Å². The number of thioether (sulfide) groups is 1. The Balaban J connectivity index is 1.66. The number of halogens is 4. The van der Waals surface area contributed by atoms with Gasteiger partial charge in [-0.1, -0.05) is 47.6 Å². The number of hydrogen-bond acceptors (Lipinski definition) is 5. The third-order valence-corrected chi connectivity index (χ3v) is 5.29. The van der Waals surface area contributed by atoms with Gasteiger partial charge >= 0.3 is 6.18 Å². The predicted octanol–water partition coefficient (Wildman–Crippen LogP) is 4.66. The maximum absolute atomic E-state index is 13.0. The van der Waals surface area contributed by atoms with E-state index in [9.17, 15) is 18.3 Å². The number of pyridine rings is 1. The Bertz CT molecular complexity index is 1010. The summed E-state index contributed by atoms with van der Waals surface area (Å²) in [5, 5.41) is 17.9. The molecule has 0 radical (unpaired) electrons. The number of ether oxygens (including phenoxy) is 1. The van der Waals surface area contributed by atoms with E-state index in [0.29, 0.717) is 12.2 Å². The van der Waals surface area contributed by atoms with E-state index >= 15 is 0 Å². The van der Waals surface area contributed by atoms with E-state index < -0.39 is 17.8 Å². The summed E-state index contributed by atoms with van der Waals surface area (Å²) in [7, 11) is 0. The third kappa shape index (κ3) is 5.23. The lowest BCUT2D eigenvalue weighted by Crippen LogP contribution is -2.20. The Kier molecular flexibility index (Phi) is 6.71. The average molecular weight is 444 g/mol. The molecule has 0 saturated heterocycles. The number of aliphatic hydroxyl groups excluding tert-OH is 1. The van der Waals surface area contributed by atoms with Gasteiger partial charge in [0.05, 0.1) is 16.7 Å². The first kappa shape index (κ1) is 21.5. The zero-order valence-corrected chi connectivity index (χ0v) is 16.6. The van der Waals surface area contributed by atoms with Crippen molar-refractivity contribution in [3.63, 3.8) is 0 Å². The molecule has 1 unspecified atom stereocenters. The average Bonchev–Trinajstić information content (AvgIpc) is 3.09. The molecule has 0 spiro atoms. The highest BCUT2D eigenvalue weighted by Gasteiger charge is 2.32. The Labute approximate surface area is 174 Å². The van der Waals surface area contributed by atoms with Gasteiger partial charge in [-0.15, -0.1) is 16.8 Å². The lowest BCUT2D eigenvalue weighted by molar-refractivity contribution is -0.137. The summed E-state index contributed by atoms with van der Waals surface area (Å²) in [6, 6.07) is 8.22. The van der Waals surface area contributed by atoms with Crippen LogP contribution >= 0.6 is 23.4 Å². The first-order valence-electron chi connectivity index (χ1n) is 8.53. The first-order chi connectivity index (χ1) is 13.8. The molecule has 0 aliphatic carbocycles. The van der Waals surface area contributed by atoms with E-state index in [-0.39, 0.29) is 28.2 Å². The summed E-state index contributed by atoms with van der Waals surface area (Å²) >= 11 is 6.95. The van der Waals surface area contributed by atoms with Gasteiger partial charge in [-0.25, -0.2) is 0 Å². The highest BCUT2D eigenvalue weighted by molar-refractivity contribution is 7.99. The van der Waals surface area contributed by atoms with Crippen molar-refractivity contribution in [2.45, 2.75) is 23.9 Å². The van der Waals surface area contributed by atoms with Gasteiger partial charge in [-0.05, 0) is 24.1 Å². The van der Waals surface area contributed by atoms with Crippen molar-refractivity contribution in [2.75, 3.05) is 12.4 Å². The van der Waals surface area contributed by atoms with E-state index in [0.717, 1.165) is 29.6 Å². The minimum atomic E-state index is -4.55. The highest BCUT2D eigenvalue weighted by Crippen LogP contribution is 2.33. The molecule has 10 heteroatoms. The summed E-state index contributed by atoms with van der Waals surface area (Å²) < 4.78 is 45.9. The minimum Gasteiger partial charge on any atom is -0.491 e. The molecule has 5 nitrogen and oxygen atoms in total. The lowest BCUT2D eigenvalue weighted by Gasteiger charge is -2.14. The van der Waals surface area contributed by atoms with Crippen LogP contribution in [0.15, 0.2) is 54.3 Å². The van der Waals surface area contributed by atoms with Crippen LogP contribution in [-0.4, -0.2) is 38.2 Å². The van der Waals surface area contributed by atoms with Crippen LogP contribution in [0, 0.1) is 0 Å². The third-order valence-electron chi connectivity index (χ3n) is 3.93. The second kappa shape index (κ2) is 9.06. The molecule has 0 aliphatic rings. The Morgan fingerprint density at radius 1 is 1.31 bits per heavy atom. The molecule has 3 aromatic rings. The summed E-state index contributed by atoms with van der Waals surface area (Å²) in [5.41, 5.74) is 0.158. The quantitative estimate of drug-likeness (QED) is 0.405. The molecule has 1 aromatic carbocycles. The molecular formula is C19H17ClF3N3O2S. The van der Waals surface area contributed by atoms with Gasteiger partial charge < -0.3 is 9.84 Å². The Hall–Kier alpha value is -2.23. The van der Waals surface area contributed by atoms with E-state index in [1.165, 1.54) is 4.40 Å². The van der Waals surface area contributed by atoms with Gasteiger partial charge in [0.2, 0.25) is 0 Å². The fourth-order valence-corrected chi connectivity index (χ4v) is 3.62. The number of benzene rings is 1. The topological polar surface area (TPSA) is 59.7 Å². The van der Waals surface area contributed by atoms with Crippen LogP contribution in [0.3, 0.4) is 0 Å².